The maximum Gasteiger partial charge on any atom is 0.336 e. The van der Waals surface area contributed by atoms with Crippen LogP contribution in [0.25, 0.3) is 0 Å². The highest BCUT2D eigenvalue weighted by atomic mass is 16.6. The van der Waals surface area contributed by atoms with Crippen molar-refractivity contribution in [1.29, 1.82) is 0 Å². The van der Waals surface area contributed by atoms with Gasteiger partial charge in [0.1, 0.15) is 5.60 Å². The van der Waals surface area contributed by atoms with Gasteiger partial charge in [0.15, 0.2) is 0 Å². The molecule has 1 rings (SSSR count). The first-order chi connectivity index (χ1) is 8.79. The Bertz CT molecular complexity index is 463. The van der Waals surface area contributed by atoms with Gasteiger partial charge in [0.05, 0.1) is 12.1 Å². The van der Waals surface area contributed by atoms with Crippen LogP contribution in [0.15, 0.2) is 24.3 Å². The molecule has 2 N–H and O–H groups in total. The first-order valence-electron chi connectivity index (χ1n) is 6.03. The molecule has 104 valence electrons. The summed E-state index contributed by atoms with van der Waals surface area (Å²) in [7, 11) is 0. The second-order valence-electron chi connectivity index (χ2n) is 5.15. The van der Waals surface area contributed by atoms with Crippen molar-refractivity contribution in [3.05, 3.63) is 35.4 Å². The van der Waals surface area contributed by atoms with Gasteiger partial charge < -0.3 is 15.2 Å². The molecule has 0 bridgehead atoms. The molecule has 0 saturated carbocycles. The Morgan fingerprint density at radius 2 is 1.89 bits per heavy atom. The van der Waals surface area contributed by atoms with Crippen LogP contribution in [0.2, 0.25) is 0 Å². The number of carboxylic acid groups (broad SMARTS) is 1. The molecule has 1 aromatic carbocycles. The van der Waals surface area contributed by atoms with Crippen LogP contribution < -0.4 is 5.32 Å². The van der Waals surface area contributed by atoms with E-state index in [4.69, 9.17) is 9.84 Å². The highest BCUT2D eigenvalue weighted by Crippen LogP contribution is 2.09. The van der Waals surface area contributed by atoms with Gasteiger partial charge in [-0.15, -0.1) is 0 Å². The average Bonchev–Trinajstić information content (AvgIpc) is 2.27. The quantitative estimate of drug-likeness (QED) is 0.794. The highest BCUT2D eigenvalue weighted by Gasteiger charge is 2.16. The molecule has 0 saturated heterocycles. The van der Waals surface area contributed by atoms with Gasteiger partial charge in [-0.2, -0.15) is 0 Å². The summed E-state index contributed by atoms with van der Waals surface area (Å²) in [4.78, 5) is 22.5. The molecular formula is C14H19NO4. The molecule has 1 aromatic rings. The summed E-state index contributed by atoms with van der Waals surface area (Å²) in [6.07, 6.45) is 0. The van der Waals surface area contributed by atoms with Gasteiger partial charge in [-0.1, -0.05) is 18.2 Å². The van der Waals surface area contributed by atoms with Crippen molar-refractivity contribution in [1.82, 2.24) is 5.32 Å². The van der Waals surface area contributed by atoms with Crippen LogP contribution in [-0.2, 0) is 16.1 Å². The second kappa shape index (κ2) is 6.33. The van der Waals surface area contributed by atoms with Crippen molar-refractivity contribution in [2.24, 2.45) is 0 Å². The third-order valence-corrected chi connectivity index (χ3v) is 2.25. The number of benzene rings is 1. The fourth-order valence-electron chi connectivity index (χ4n) is 1.56. The molecule has 0 aromatic heterocycles. The van der Waals surface area contributed by atoms with E-state index in [1.54, 1.807) is 39.0 Å². The fraction of sp³-hybridized carbons (Fsp3) is 0.429. The third kappa shape index (κ3) is 5.52. The average molecular weight is 265 g/mol. The van der Waals surface area contributed by atoms with Crippen molar-refractivity contribution in [3.8, 4) is 0 Å². The van der Waals surface area contributed by atoms with Gasteiger partial charge in [-0.3, -0.25) is 4.79 Å². The molecule has 0 amide bonds. The van der Waals surface area contributed by atoms with E-state index in [0.29, 0.717) is 12.1 Å². The predicted octanol–water partition coefficient (Wildman–Crippen LogP) is 1.82. The molecule has 0 unspecified atom stereocenters. The van der Waals surface area contributed by atoms with Crippen molar-refractivity contribution < 1.29 is 19.4 Å². The molecule has 0 heterocycles. The number of nitrogens with one attached hydrogen (secondary N) is 1. The minimum Gasteiger partial charge on any atom is -0.478 e. The largest absolute Gasteiger partial charge is 0.478 e. The molecule has 0 spiro atoms. The lowest BCUT2D eigenvalue weighted by molar-refractivity contribution is -0.153. The van der Waals surface area contributed by atoms with Crippen LogP contribution in [0.5, 0.6) is 0 Å². The first kappa shape index (κ1) is 15.2. The number of hydrogen-bond acceptors (Lipinski definition) is 4. The van der Waals surface area contributed by atoms with Gasteiger partial charge >= 0.3 is 11.9 Å². The van der Waals surface area contributed by atoms with E-state index in [9.17, 15) is 9.59 Å². The number of carboxylic acids is 1. The van der Waals surface area contributed by atoms with E-state index < -0.39 is 11.6 Å². The standard InChI is InChI=1S/C14H19NO4/c1-14(2,3)19-12(16)9-15-8-10-6-4-5-7-11(10)13(17)18/h4-7,15H,8-9H2,1-3H3,(H,17,18). The smallest absolute Gasteiger partial charge is 0.336 e. The maximum atomic E-state index is 11.5. The summed E-state index contributed by atoms with van der Waals surface area (Å²) < 4.78 is 5.14. The van der Waals surface area contributed by atoms with Gasteiger partial charge in [0.2, 0.25) is 0 Å². The van der Waals surface area contributed by atoms with Crippen LogP contribution in [0.3, 0.4) is 0 Å². The Morgan fingerprint density at radius 1 is 1.26 bits per heavy atom. The van der Waals surface area contributed by atoms with Crippen molar-refractivity contribution in [3.63, 3.8) is 0 Å². The zero-order valence-corrected chi connectivity index (χ0v) is 11.4. The van der Waals surface area contributed by atoms with Crippen LogP contribution in [-0.4, -0.2) is 29.2 Å². The maximum absolute atomic E-state index is 11.5. The summed E-state index contributed by atoms with van der Waals surface area (Å²) in [5, 5.41) is 11.9. The Morgan fingerprint density at radius 3 is 2.47 bits per heavy atom. The number of hydrogen-bond donors (Lipinski definition) is 2. The van der Waals surface area contributed by atoms with Gasteiger partial charge in [0.25, 0.3) is 0 Å². The van der Waals surface area contributed by atoms with E-state index in [-0.39, 0.29) is 18.1 Å². The van der Waals surface area contributed by atoms with Gasteiger partial charge in [-0.25, -0.2) is 4.79 Å². The Labute approximate surface area is 112 Å². The van der Waals surface area contributed by atoms with E-state index in [1.165, 1.54) is 6.07 Å². The van der Waals surface area contributed by atoms with Crippen molar-refractivity contribution in [2.75, 3.05) is 6.54 Å². The van der Waals surface area contributed by atoms with E-state index in [1.807, 2.05) is 0 Å². The summed E-state index contributed by atoms with van der Waals surface area (Å²) >= 11 is 0. The molecule has 0 atom stereocenters. The van der Waals surface area contributed by atoms with E-state index >= 15 is 0 Å². The molecule has 0 radical (unpaired) electrons. The Hall–Kier alpha value is -1.88. The zero-order chi connectivity index (χ0) is 14.5. The minimum absolute atomic E-state index is 0.0468. The molecule has 0 fully saturated rings. The number of esters is 1. The zero-order valence-electron chi connectivity index (χ0n) is 11.4. The summed E-state index contributed by atoms with van der Waals surface area (Å²) in [6.45, 7) is 5.74. The SMILES string of the molecule is CC(C)(C)OC(=O)CNCc1ccccc1C(=O)O. The molecule has 0 aliphatic carbocycles. The number of rotatable bonds is 5. The van der Waals surface area contributed by atoms with Crippen LogP contribution >= 0.6 is 0 Å². The molecule has 0 aliphatic rings. The van der Waals surface area contributed by atoms with Crippen molar-refractivity contribution >= 4 is 11.9 Å². The number of aromatic carboxylic acids is 1. The monoisotopic (exact) mass is 265 g/mol. The van der Waals surface area contributed by atoms with Crippen LogP contribution in [0, 0.1) is 0 Å². The van der Waals surface area contributed by atoms with Crippen LogP contribution in [0.1, 0.15) is 36.7 Å². The third-order valence-electron chi connectivity index (χ3n) is 2.25. The molecule has 19 heavy (non-hydrogen) atoms. The summed E-state index contributed by atoms with van der Waals surface area (Å²) in [5.74, 6) is -1.34. The van der Waals surface area contributed by atoms with E-state index in [2.05, 4.69) is 5.32 Å². The topological polar surface area (TPSA) is 75.6 Å². The Balaban J connectivity index is 2.50. The molecule has 0 aliphatic heterocycles. The van der Waals surface area contributed by atoms with Gasteiger partial charge in [-0.05, 0) is 32.4 Å². The van der Waals surface area contributed by atoms with Crippen LogP contribution in [0.4, 0.5) is 0 Å². The number of carbonyl (C=O) groups excluding carboxylic acids is 1. The summed E-state index contributed by atoms with van der Waals surface area (Å²) in [5.41, 5.74) is 0.357. The lowest BCUT2D eigenvalue weighted by atomic mass is 10.1. The summed E-state index contributed by atoms with van der Waals surface area (Å²) in [6, 6.07) is 6.68. The Kier molecular flexibility index (Phi) is 5.06. The lowest BCUT2D eigenvalue weighted by Gasteiger charge is -2.19. The van der Waals surface area contributed by atoms with Crippen molar-refractivity contribution in [2.45, 2.75) is 32.9 Å². The fourth-order valence-corrected chi connectivity index (χ4v) is 1.56. The second-order valence-corrected chi connectivity index (χ2v) is 5.15. The minimum atomic E-state index is -0.977. The predicted molar refractivity (Wildman–Crippen MR) is 71.0 cm³/mol. The normalized spacial score (nSPS) is 11.1. The highest BCUT2D eigenvalue weighted by molar-refractivity contribution is 5.89. The first-order valence-corrected chi connectivity index (χ1v) is 6.03. The molecule has 5 nitrogen and oxygen atoms in total. The molecular weight excluding hydrogens is 246 g/mol. The molecule has 5 heteroatoms. The van der Waals surface area contributed by atoms with E-state index in [0.717, 1.165) is 0 Å². The number of ether oxygens (including phenoxy) is 1. The lowest BCUT2D eigenvalue weighted by Crippen LogP contribution is -2.31. The number of carbonyl (C=O) groups is 2. The van der Waals surface area contributed by atoms with Gasteiger partial charge in [0, 0.05) is 6.54 Å².